The summed E-state index contributed by atoms with van der Waals surface area (Å²) in [4.78, 5) is 4.14. The number of rotatable bonds is 5. The van der Waals surface area contributed by atoms with E-state index in [0.717, 1.165) is 12.4 Å². The Morgan fingerprint density at radius 3 is 2.93 bits per heavy atom. The maximum atomic E-state index is 8.81. The van der Waals surface area contributed by atoms with E-state index in [1.807, 2.05) is 18.5 Å². The van der Waals surface area contributed by atoms with E-state index in [2.05, 4.69) is 10.3 Å². The van der Waals surface area contributed by atoms with Crippen molar-refractivity contribution >= 4 is 11.6 Å². The highest BCUT2D eigenvalue weighted by molar-refractivity contribution is 6.29. The first-order valence-electron chi connectivity index (χ1n) is 4.62. The molecule has 1 atom stereocenters. The fourth-order valence-corrected chi connectivity index (χ4v) is 1.23. The summed E-state index contributed by atoms with van der Waals surface area (Å²) in [5, 5.41) is 12.6. The Kier molecular flexibility index (Phi) is 4.38. The number of nitrogens with zero attached hydrogens (tertiary/aromatic N) is 2. The van der Waals surface area contributed by atoms with Crippen molar-refractivity contribution < 1.29 is 5.11 Å². The number of aliphatic hydroxyl groups excluding tert-OH is 1. The van der Waals surface area contributed by atoms with Gasteiger partial charge in [0.05, 0.1) is 12.7 Å². The smallest absolute Gasteiger partial charge is 0.128 e. The Morgan fingerprint density at radius 2 is 2.43 bits per heavy atom. The molecule has 14 heavy (non-hydrogen) atoms. The summed E-state index contributed by atoms with van der Waals surface area (Å²) in [7, 11) is 1.88. The molecule has 0 aliphatic carbocycles. The van der Waals surface area contributed by atoms with Crippen LogP contribution in [0.1, 0.15) is 12.7 Å². The molecule has 0 bridgehead atoms. The van der Waals surface area contributed by atoms with Crippen molar-refractivity contribution in [1.29, 1.82) is 0 Å². The van der Waals surface area contributed by atoms with E-state index in [1.165, 1.54) is 0 Å². The zero-order valence-corrected chi connectivity index (χ0v) is 9.25. The Balaban J connectivity index is 2.35. The van der Waals surface area contributed by atoms with Crippen molar-refractivity contribution in [1.82, 2.24) is 14.9 Å². The third-order valence-electron chi connectivity index (χ3n) is 2.12. The van der Waals surface area contributed by atoms with Crippen LogP contribution >= 0.6 is 11.6 Å². The van der Waals surface area contributed by atoms with Crippen molar-refractivity contribution in [3.63, 3.8) is 0 Å². The molecule has 2 N–H and O–H groups in total. The first-order chi connectivity index (χ1) is 6.65. The summed E-state index contributed by atoms with van der Waals surface area (Å²) in [6.07, 6.45) is 1.63. The van der Waals surface area contributed by atoms with Crippen LogP contribution in [0.15, 0.2) is 6.20 Å². The maximum absolute atomic E-state index is 8.81. The Bertz CT molecular complexity index is 288. The van der Waals surface area contributed by atoms with Crippen molar-refractivity contribution in [2.45, 2.75) is 13.5 Å². The topological polar surface area (TPSA) is 50.1 Å². The van der Waals surface area contributed by atoms with Crippen molar-refractivity contribution in [2.24, 2.45) is 13.0 Å². The molecule has 1 rings (SSSR count). The highest BCUT2D eigenvalue weighted by atomic mass is 35.5. The van der Waals surface area contributed by atoms with Gasteiger partial charge in [-0.05, 0) is 5.92 Å². The molecular formula is C9H16ClN3O. The van der Waals surface area contributed by atoms with Gasteiger partial charge in [-0.25, -0.2) is 4.98 Å². The van der Waals surface area contributed by atoms with Crippen LogP contribution in [0.4, 0.5) is 0 Å². The molecule has 1 unspecified atom stereocenters. The fraction of sp³-hybridized carbons (Fsp3) is 0.667. The van der Waals surface area contributed by atoms with Crippen LogP contribution in [-0.2, 0) is 13.6 Å². The Morgan fingerprint density at radius 1 is 1.71 bits per heavy atom. The molecule has 0 aliphatic rings. The van der Waals surface area contributed by atoms with E-state index in [9.17, 15) is 0 Å². The molecule has 1 heterocycles. The minimum atomic E-state index is 0.203. The molecular weight excluding hydrogens is 202 g/mol. The predicted octanol–water partition coefficient (Wildman–Crippen LogP) is 0.791. The van der Waals surface area contributed by atoms with E-state index < -0.39 is 0 Å². The molecule has 0 radical (unpaired) electrons. The Labute approximate surface area is 88.9 Å². The van der Waals surface area contributed by atoms with Crippen molar-refractivity contribution in [3.8, 4) is 0 Å². The first-order valence-corrected chi connectivity index (χ1v) is 5.00. The van der Waals surface area contributed by atoms with Gasteiger partial charge in [0.2, 0.25) is 0 Å². The lowest BCUT2D eigenvalue weighted by Gasteiger charge is -2.09. The van der Waals surface area contributed by atoms with Crippen LogP contribution in [0.2, 0.25) is 5.15 Å². The maximum Gasteiger partial charge on any atom is 0.128 e. The van der Waals surface area contributed by atoms with Gasteiger partial charge in [-0.2, -0.15) is 0 Å². The lowest BCUT2D eigenvalue weighted by Crippen LogP contribution is -2.24. The minimum Gasteiger partial charge on any atom is -0.396 e. The second kappa shape index (κ2) is 5.34. The third-order valence-corrected chi connectivity index (χ3v) is 2.47. The number of hydrogen-bond acceptors (Lipinski definition) is 3. The summed E-state index contributed by atoms with van der Waals surface area (Å²) in [6.45, 7) is 3.64. The molecule has 0 amide bonds. The molecule has 4 nitrogen and oxygen atoms in total. The van der Waals surface area contributed by atoms with Crippen molar-refractivity contribution in [3.05, 3.63) is 17.2 Å². The number of aliphatic hydroxyl groups is 1. The second-order valence-corrected chi connectivity index (χ2v) is 3.86. The predicted molar refractivity (Wildman–Crippen MR) is 56.2 cm³/mol. The van der Waals surface area contributed by atoms with Crippen LogP contribution in [0.3, 0.4) is 0 Å². The summed E-state index contributed by atoms with van der Waals surface area (Å²) < 4.78 is 1.83. The highest BCUT2D eigenvalue weighted by Gasteiger charge is 2.04. The molecule has 1 aromatic heterocycles. The van der Waals surface area contributed by atoms with Crippen LogP contribution in [0.5, 0.6) is 0 Å². The summed E-state index contributed by atoms with van der Waals surface area (Å²) in [5.74, 6) is 1.17. The molecule has 0 fully saturated rings. The van der Waals surface area contributed by atoms with Crippen LogP contribution in [0.25, 0.3) is 0 Å². The second-order valence-electron chi connectivity index (χ2n) is 3.47. The molecule has 0 aliphatic heterocycles. The zero-order valence-electron chi connectivity index (χ0n) is 8.50. The molecule has 80 valence electrons. The SMILES string of the molecule is CC(CO)CNCc1ncc(Cl)n1C. The summed E-state index contributed by atoms with van der Waals surface area (Å²) in [6, 6.07) is 0. The lowest BCUT2D eigenvalue weighted by molar-refractivity contribution is 0.233. The van der Waals surface area contributed by atoms with Gasteiger partial charge in [0.15, 0.2) is 0 Å². The van der Waals surface area contributed by atoms with E-state index >= 15 is 0 Å². The molecule has 0 saturated heterocycles. The van der Waals surface area contributed by atoms with E-state index in [1.54, 1.807) is 6.20 Å². The van der Waals surface area contributed by atoms with Gasteiger partial charge in [0.1, 0.15) is 11.0 Å². The number of imidazole rings is 1. The first kappa shape index (κ1) is 11.5. The average molecular weight is 218 g/mol. The fourth-order valence-electron chi connectivity index (χ4n) is 1.08. The summed E-state index contributed by atoms with van der Waals surface area (Å²) in [5.41, 5.74) is 0. The Hall–Kier alpha value is -0.580. The molecule has 1 aromatic rings. The molecule has 0 saturated carbocycles. The van der Waals surface area contributed by atoms with Crippen LogP contribution in [0, 0.1) is 5.92 Å². The summed E-state index contributed by atoms with van der Waals surface area (Å²) >= 11 is 5.83. The van der Waals surface area contributed by atoms with Crippen molar-refractivity contribution in [2.75, 3.05) is 13.2 Å². The van der Waals surface area contributed by atoms with Gasteiger partial charge in [-0.3, -0.25) is 0 Å². The van der Waals surface area contributed by atoms with E-state index in [-0.39, 0.29) is 12.5 Å². The van der Waals surface area contributed by atoms with Gasteiger partial charge in [-0.15, -0.1) is 0 Å². The largest absolute Gasteiger partial charge is 0.396 e. The zero-order chi connectivity index (χ0) is 10.6. The normalized spacial score (nSPS) is 13.1. The van der Waals surface area contributed by atoms with Gasteiger partial charge in [-0.1, -0.05) is 18.5 Å². The third kappa shape index (κ3) is 2.97. The van der Waals surface area contributed by atoms with E-state index in [0.29, 0.717) is 11.7 Å². The minimum absolute atomic E-state index is 0.203. The highest BCUT2D eigenvalue weighted by Crippen LogP contribution is 2.08. The standard InChI is InChI=1S/C9H16ClN3O/c1-7(6-14)3-11-5-9-12-4-8(10)13(9)2/h4,7,11,14H,3,5-6H2,1-2H3. The molecule has 5 heteroatoms. The van der Waals surface area contributed by atoms with E-state index in [4.69, 9.17) is 16.7 Å². The quantitative estimate of drug-likeness (QED) is 0.767. The molecule has 0 spiro atoms. The number of nitrogens with one attached hydrogen (secondary N) is 1. The van der Waals surface area contributed by atoms with Gasteiger partial charge in [0, 0.05) is 20.2 Å². The monoisotopic (exact) mass is 217 g/mol. The number of halogens is 1. The number of aromatic nitrogens is 2. The average Bonchev–Trinajstić information content (AvgIpc) is 2.49. The van der Waals surface area contributed by atoms with Crippen LogP contribution in [-0.4, -0.2) is 27.8 Å². The number of hydrogen-bond donors (Lipinski definition) is 2. The van der Waals surface area contributed by atoms with Gasteiger partial charge < -0.3 is 15.0 Å². The van der Waals surface area contributed by atoms with Crippen LogP contribution < -0.4 is 5.32 Å². The molecule has 0 aromatic carbocycles. The van der Waals surface area contributed by atoms with Gasteiger partial charge in [0.25, 0.3) is 0 Å². The lowest BCUT2D eigenvalue weighted by atomic mass is 10.2. The van der Waals surface area contributed by atoms with Gasteiger partial charge >= 0.3 is 0 Å².